The highest BCUT2D eigenvalue weighted by Crippen LogP contribution is 2.12. The lowest BCUT2D eigenvalue weighted by atomic mass is 10.3. The molecule has 7 heteroatoms. The largest absolute Gasteiger partial charge is 0.314 e. The summed E-state index contributed by atoms with van der Waals surface area (Å²) >= 11 is 0. The van der Waals surface area contributed by atoms with Crippen LogP contribution in [0.15, 0.2) is 18.5 Å². The summed E-state index contributed by atoms with van der Waals surface area (Å²) in [4.78, 5) is 3.96. The number of rotatable bonds is 3. The van der Waals surface area contributed by atoms with E-state index >= 15 is 0 Å². The van der Waals surface area contributed by atoms with Crippen LogP contribution in [0, 0.1) is 6.92 Å². The van der Waals surface area contributed by atoms with E-state index in [9.17, 15) is 8.42 Å². The number of hydrogen-bond acceptors (Lipinski definition) is 4. The van der Waals surface area contributed by atoms with E-state index in [1.807, 2.05) is 6.92 Å². The number of anilines is 1. The van der Waals surface area contributed by atoms with Crippen LogP contribution in [0.1, 0.15) is 5.56 Å². The van der Waals surface area contributed by atoms with Crippen molar-refractivity contribution in [3.63, 3.8) is 0 Å². The first-order valence-electron chi connectivity index (χ1n) is 5.48. The van der Waals surface area contributed by atoms with Crippen molar-refractivity contribution in [3.8, 4) is 0 Å². The maximum atomic E-state index is 12.0. The highest BCUT2D eigenvalue weighted by Gasteiger charge is 2.23. The van der Waals surface area contributed by atoms with E-state index < -0.39 is 10.2 Å². The molecule has 0 saturated carbocycles. The van der Waals surface area contributed by atoms with Crippen molar-refractivity contribution in [2.24, 2.45) is 0 Å². The number of aromatic nitrogens is 1. The van der Waals surface area contributed by atoms with Gasteiger partial charge in [0, 0.05) is 32.4 Å². The third-order valence-corrected chi connectivity index (χ3v) is 4.08. The molecule has 94 valence electrons. The molecule has 1 fully saturated rings. The third-order valence-electron chi connectivity index (χ3n) is 2.54. The summed E-state index contributed by atoms with van der Waals surface area (Å²) < 4.78 is 28.0. The normalized spacial score (nSPS) is 17.9. The lowest BCUT2D eigenvalue weighted by Gasteiger charge is -2.26. The monoisotopic (exact) mass is 256 g/mol. The summed E-state index contributed by atoms with van der Waals surface area (Å²) in [5.41, 5.74) is 1.43. The first-order valence-corrected chi connectivity index (χ1v) is 6.92. The molecular weight excluding hydrogens is 240 g/mol. The van der Waals surface area contributed by atoms with Crippen molar-refractivity contribution >= 4 is 15.9 Å². The lowest BCUT2D eigenvalue weighted by molar-refractivity contribution is 0.362. The second kappa shape index (κ2) is 4.99. The number of pyridine rings is 1. The summed E-state index contributed by atoms with van der Waals surface area (Å²) in [6.07, 6.45) is 3.19. The topological polar surface area (TPSA) is 74.3 Å². The minimum absolute atomic E-state index is 0.495. The van der Waals surface area contributed by atoms with E-state index in [0.717, 1.165) is 5.56 Å². The average Bonchev–Trinajstić information content (AvgIpc) is 2.29. The van der Waals surface area contributed by atoms with Gasteiger partial charge in [-0.05, 0) is 18.6 Å². The second-order valence-electron chi connectivity index (χ2n) is 4.01. The molecule has 2 N–H and O–H groups in total. The van der Waals surface area contributed by atoms with Gasteiger partial charge in [-0.3, -0.25) is 9.71 Å². The van der Waals surface area contributed by atoms with Gasteiger partial charge in [-0.2, -0.15) is 12.7 Å². The Balaban J connectivity index is 2.11. The SMILES string of the molecule is Cc1cncc(NS(=O)(=O)N2CCNCC2)c1. The van der Waals surface area contributed by atoms with Crippen LogP contribution in [-0.4, -0.2) is 43.9 Å². The third kappa shape index (κ3) is 3.15. The minimum atomic E-state index is -3.45. The number of nitrogens with zero attached hydrogens (tertiary/aromatic N) is 2. The summed E-state index contributed by atoms with van der Waals surface area (Å²) in [5, 5.41) is 3.11. The van der Waals surface area contributed by atoms with Gasteiger partial charge in [-0.25, -0.2) is 0 Å². The Morgan fingerprint density at radius 1 is 1.35 bits per heavy atom. The number of nitrogens with one attached hydrogen (secondary N) is 2. The van der Waals surface area contributed by atoms with Crippen LogP contribution in [0.5, 0.6) is 0 Å². The van der Waals surface area contributed by atoms with Gasteiger partial charge in [0.1, 0.15) is 0 Å². The van der Waals surface area contributed by atoms with Gasteiger partial charge in [0.2, 0.25) is 0 Å². The molecule has 0 amide bonds. The van der Waals surface area contributed by atoms with E-state index in [0.29, 0.717) is 31.9 Å². The van der Waals surface area contributed by atoms with Crippen LogP contribution in [0.2, 0.25) is 0 Å². The molecule has 0 spiro atoms. The first kappa shape index (κ1) is 12.3. The highest BCUT2D eigenvalue weighted by molar-refractivity contribution is 7.90. The quantitative estimate of drug-likeness (QED) is 0.795. The predicted molar refractivity (Wildman–Crippen MR) is 66.0 cm³/mol. The number of hydrogen-bond donors (Lipinski definition) is 2. The van der Waals surface area contributed by atoms with Crippen molar-refractivity contribution in [1.29, 1.82) is 0 Å². The Bertz CT molecular complexity index is 483. The Kier molecular flexibility index (Phi) is 3.60. The van der Waals surface area contributed by atoms with E-state index in [2.05, 4.69) is 15.0 Å². The standard InChI is InChI=1S/C10H16N4O2S/c1-9-6-10(8-12-7-9)13-17(15,16)14-4-2-11-3-5-14/h6-8,11,13H,2-5H2,1H3. The Morgan fingerprint density at radius 3 is 2.71 bits per heavy atom. The minimum Gasteiger partial charge on any atom is -0.314 e. The van der Waals surface area contributed by atoms with Crippen molar-refractivity contribution in [1.82, 2.24) is 14.6 Å². The fraction of sp³-hybridized carbons (Fsp3) is 0.500. The van der Waals surface area contributed by atoms with Crippen LogP contribution < -0.4 is 10.0 Å². The van der Waals surface area contributed by atoms with Gasteiger partial charge in [-0.1, -0.05) is 0 Å². The second-order valence-corrected chi connectivity index (χ2v) is 5.68. The number of aryl methyl sites for hydroxylation is 1. The molecule has 0 unspecified atom stereocenters. The summed E-state index contributed by atoms with van der Waals surface area (Å²) in [7, 11) is -3.45. The lowest BCUT2D eigenvalue weighted by Crippen LogP contribution is -2.48. The number of piperazine rings is 1. The smallest absolute Gasteiger partial charge is 0.301 e. The Hall–Kier alpha value is -1.18. The Labute approximate surface area is 101 Å². The summed E-state index contributed by atoms with van der Waals surface area (Å²) in [6, 6.07) is 1.76. The van der Waals surface area contributed by atoms with Crippen LogP contribution in [0.25, 0.3) is 0 Å². The molecule has 0 atom stereocenters. The van der Waals surface area contributed by atoms with E-state index in [1.165, 1.54) is 10.5 Å². The fourth-order valence-electron chi connectivity index (χ4n) is 1.71. The van der Waals surface area contributed by atoms with Gasteiger partial charge in [0.05, 0.1) is 11.9 Å². The van der Waals surface area contributed by atoms with E-state index in [4.69, 9.17) is 0 Å². The van der Waals surface area contributed by atoms with Gasteiger partial charge in [0.25, 0.3) is 0 Å². The van der Waals surface area contributed by atoms with Gasteiger partial charge in [-0.15, -0.1) is 0 Å². The summed E-state index contributed by atoms with van der Waals surface area (Å²) in [6.45, 7) is 4.23. The van der Waals surface area contributed by atoms with Gasteiger partial charge >= 0.3 is 10.2 Å². The molecule has 6 nitrogen and oxygen atoms in total. The predicted octanol–water partition coefficient (Wildman–Crippen LogP) is -0.0481. The molecule has 1 aromatic heterocycles. The molecule has 1 aromatic rings. The maximum absolute atomic E-state index is 12.0. The molecule has 17 heavy (non-hydrogen) atoms. The molecule has 1 saturated heterocycles. The van der Waals surface area contributed by atoms with Crippen LogP contribution >= 0.6 is 0 Å². The molecule has 0 radical (unpaired) electrons. The zero-order valence-electron chi connectivity index (χ0n) is 9.68. The first-order chi connectivity index (χ1) is 8.08. The van der Waals surface area contributed by atoms with E-state index in [1.54, 1.807) is 12.3 Å². The molecular formula is C10H16N4O2S. The van der Waals surface area contributed by atoms with Crippen LogP contribution in [-0.2, 0) is 10.2 Å². The molecule has 0 aromatic carbocycles. The van der Waals surface area contributed by atoms with Crippen molar-refractivity contribution < 1.29 is 8.42 Å². The Morgan fingerprint density at radius 2 is 2.06 bits per heavy atom. The average molecular weight is 256 g/mol. The zero-order chi connectivity index (χ0) is 12.3. The van der Waals surface area contributed by atoms with Crippen LogP contribution in [0.3, 0.4) is 0 Å². The molecule has 2 rings (SSSR count). The van der Waals surface area contributed by atoms with E-state index in [-0.39, 0.29) is 0 Å². The molecule has 1 aliphatic heterocycles. The van der Waals surface area contributed by atoms with Crippen molar-refractivity contribution in [3.05, 3.63) is 24.0 Å². The maximum Gasteiger partial charge on any atom is 0.301 e. The van der Waals surface area contributed by atoms with Gasteiger partial charge in [0.15, 0.2) is 0 Å². The molecule has 2 heterocycles. The highest BCUT2D eigenvalue weighted by atomic mass is 32.2. The summed E-state index contributed by atoms with van der Waals surface area (Å²) in [5.74, 6) is 0. The fourth-order valence-corrected chi connectivity index (χ4v) is 2.91. The van der Waals surface area contributed by atoms with Crippen molar-refractivity contribution in [2.45, 2.75) is 6.92 Å². The molecule has 0 bridgehead atoms. The molecule has 0 aliphatic carbocycles. The van der Waals surface area contributed by atoms with Gasteiger partial charge < -0.3 is 5.32 Å². The van der Waals surface area contributed by atoms with Crippen molar-refractivity contribution in [2.75, 3.05) is 30.9 Å². The molecule has 1 aliphatic rings. The zero-order valence-corrected chi connectivity index (χ0v) is 10.5. The van der Waals surface area contributed by atoms with Crippen LogP contribution in [0.4, 0.5) is 5.69 Å².